The van der Waals surface area contributed by atoms with Gasteiger partial charge in [-0.2, -0.15) is 0 Å². The Balaban J connectivity index is 1.80. The third-order valence-corrected chi connectivity index (χ3v) is 4.03. The van der Waals surface area contributed by atoms with Crippen molar-refractivity contribution in [2.45, 2.75) is 46.0 Å². The van der Waals surface area contributed by atoms with Gasteiger partial charge in [0.15, 0.2) is 0 Å². The number of benzene rings is 1. The highest BCUT2D eigenvalue weighted by Crippen LogP contribution is 2.22. The maximum absolute atomic E-state index is 9.20. The molecule has 0 bridgehead atoms. The Morgan fingerprint density at radius 1 is 1.16 bits per heavy atom. The van der Waals surface area contributed by atoms with Crippen LogP contribution in [0.4, 0.5) is 0 Å². The smallest absolute Gasteiger partial charge is 0.0494 e. The molecular weight excluding hydrogens is 234 g/mol. The fourth-order valence-corrected chi connectivity index (χ4v) is 2.66. The lowest BCUT2D eigenvalue weighted by molar-refractivity contribution is 0.157. The van der Waals surface area contributed by atoms with Gasteiger partial charge in [0, 0.05) is 18.6 Å². The molecule has 0 spiro atoms. The van der Waals surface area contributed by atoms with E-state index in [1.165, 1.54) is 31.2 Å². The third kappa shape index (κ3) is 4.32. The maximum atomic E-state index is 9.20. The van der Waals surface area contributed by atoms with Gasteiger partial charge >= 0.3 is 0 Å². The summed E-state index contributed by atoms with van der Waals surface area (Å²) in [5.74, 6) is 0. The van der Waals surface area contributed by atoms with Crippen molar-refractivity contribution >= 4 is 0 Å². The van der Waals surface area contributed by atoms with Crippen molar-refractivity contribution in [1.82, 2.24) is 5.32 Å². The van der Waals surface area contributed by atoms with Crippen LogP contribution in [0.2, 0.25) is 0 Å². The van der Waals surface area contributed by atoms with Gasteiger partial charge in [0.2, 0.25) is 0 Å². The monoisotopic (exact) mass is 261 g/mol. The second-order valence-electron chi connectivity index (χ2n) is 6.56. The highest BCUT2D eigenvalue weighted by Gasteiger charge is 2.15. The molecule has 1 aliphatic rings. The van der Waals surface area contributed by atoms with Gasteiger partial charge in [-0.3, -0.25) is 0 Å². The SMILES string of the molecule is CC(C)(CO)CNCCc1ccc2c(c1)CCCC2. The Kier molecular flexibility index (Phi) is 5.00. The van der Waals surface area contributed by atoms with Gasteiger partial charge in [-0.1, -0.05) is 32.0 Å². The summed E-state index contributed by atoms with van der Waals surface area (Å²) in [5.41, 5.74) is 4.55. The summed E-state index contributed by atoms with van der Waals surface area (Å²) >= 11 is 0. The van der Waals surface area contributed by atoms with Crippen LogP contribution in [0.3, 0.4) is 0 Å². The molecule has 2 heteroatoms. The highest BCUT2D eigenvalue weighted by molar-refractivity contribution is 5.33. The lowest BCUT2D eigenvalue weighted by Crippen LogP contribution is -2.33. The molecule has 0 heterocycles. The zero-order valence-corrected chi connectivity index (χ0v) is 12.3. The van der Waals surface area contributed by atoms with E-state index in [0.717, 1.165) is 19.5 Å². The van der Waals surface area contributed by atoms with Crippen LogP contribution < -0.4 is 5.32 Å². The minimum absolute atomic E-state index is 0.0180. The van der Waals surface area contributed by atoms with Gasteiger partial charge in [-0.15, -0.1) is 0 Å². The van der Waals surface area contributed by atoms with Crippen molar-refractivity contribution in [1.29, 1.82) is 0 Å². The summed E-state index contributed by atoms with van der Waals surface area (Å²) in [6.07, 6.45) is 6.30. The van der Waals surface area contributed by atoms with E-state index < -0.39 is 0 Å². The van der Waals surface area contributed by atoms with Crippen LogP contribution in [0.15, 0.2) is 18.2 Å². The van der Waals surface area contributed by atoms with E-state index in [4.69, 9.17) is 0 Å². The number of aliphatic hydroxyl groups is 1. The van der Waals surface area contributed by atoms with Crippen LogP contribution >= 0.6 is 0 Å². The molecule has 0 saturated carbocycles. The first-order chi connectivity index (χ1) is 9.11. The Hall–Kier alpha value is -0.860. The molecule has 106 valence electrons. The fourth-order valence-electron chi connectivity index (χ4n) is 2.66. The number of hydrogen-bond donors (Lipinski definition) is 2. The van der Waals surface area contributed by atoms with E-state index in [9.17, 15) is 5.11 Å². The average Bonchev–Trinajstić information content (AvgIpc) is 2.43. The molecule has 1 aromatic carbocycles. The Bertz CT molecular complexity index is 412. The number of aryl methyl sites for hydroxylation is 2. The number of fused-ring (bicyclic) bond motifs is 1. The maximum Gasteiger partial charge on any atom is 0.0494 e. The number of hydrogen-bond acceptors (Lipinski definition) is 2. The first-order valence-electron chi connectivity index (χ1n) is 7.53. The minimum atomic E-state index is -0.0180. The molecule has 0 aromatic heterocycles. The van der Waals surface area contributed by atoms with Crippen LogP contribution in [0.5, 0.6) is 0 Å². The van der Waals surface area contributed by atoms with E-state index in [-0.39, 0.29) is 12.0 Å². The van der Waals surface area contributed by atoms with Gasteiger partial charge in [0.1, 0.15) is 0 Å². The number of aliphatic hydroxyl groups excluding tert-OH is 1. The van der Waals surface area contributed by atoms with E-state index in [0.29, 0.717) is 0 Å². The number of nitrogens with one attached hydrogen (secondary N) is 1. The minimum Gasteiger partial charge on any atom is -0.396 e. The van der Waals surface area contributed by atoms with E-state index in [1.54, 1.807) is 11.1 Å². The normalized spacial score (nSPS) is 15.3. The highest BCUT2D eigenvalue weighted by atomic mass is 16.3. The molecule has 0 saturated heterocycles. The van der Waals surface area contributed by atoms with Gasteiger partial charge in [0.05, 0.1) is 0 Å². The Labute approximate surface area is 117 Å². The molecule has 1 aromatic rings. The van der Waals surface area contributed by atoms with Crippen LogP contribution in [-0.2, 0) is 19.3 Å². The van der Waals surface area contributed by atoms with Crippen LogP contribution in [-0.4, -0.2) is 24.8 Å². The Morgan fingerprint density at radius 2 is 1.89 bits per heavy atom. The van der Waals surface area contributed by atoms with Gasteiger partial charge in [-0.05, 0) is 55.3 Å². The van der Waals surface area contributed by atoms with Gasteiger partial charge < -0.3 is 10.4 Å². The Morgan fingerprint density at radius 3 is 2.63 bits per heavy atom. The molecule has 0 amide bonds. The summed E-state index contributed by atoms with van der Waals surface area (Å²) in [5, 5.41) is 12.6. The predicted octanol–water partition coefficient (Wildman–Crippen LogP) is 2.72. The van der Waals surface area contributed by atoms with Crippen molar-refractivity contribution in [3.05, 3.63) is 34.9 Å². The molecule has 2 rings (SSSR count). The first kappa shape index (κ1) is 14.5. The molecular formula is C17H27NO. The zero-order valence-electron chi connectivity index (χ0n) is 12.3. The predicted molar refractivity (Wildman–Crippen MR) is 80.5 cm³/mol. The van der Waals surface area contributed by atoms with Crippen molar-refractivity contribution in [2.24, 2.45) is 5.41 Å². The van der Waals surface area contributed by atoms with Crippen molar-refractivity contribution < 1.29 is 5.11 Å². The molecule has 0 atom stereocenters. The molecule has 0 unspecified atom stereocenters. The van der Waals surface area contributed by atoms with Crippen molar-refractivity contribution in [2.75, 3.05) is 19.7 Å². The second-order valence-corrected chi connectivity index (χ2v) is 6.56. The standard InChI is InChI=1S/C17H27NO/c1-17(2,13-19)12-18-10-9-14-7-8-15-5-3-4-6-16(15)11-14/h7-8,11,18-19H,3-6,9-10,12-13H2,1-2H3. The largest absolute Gasteiger partial charge is 0.396 e. The van der Waals surface area contributed by atoms with Gasteiger partial charge in [0.25, 0.3) is 0 Å². The molecule has 2 N–H and O–H groups in total. The second kappa shape index (κ2) is 6.53. The molecule has 19 heavy (non-hydrogen) atoms. The molecule has 2 nitrogen and oxygen atoms in total. The van der Waals surface area contributed by atoms with Crippen LogP contribution in [0.1, 0.15) is 43.4 Å². The first-order valence-corrected chi connectivity index (χ1v) is 7.53. The number of rotatable bonds is 6. The lowest BCUT2D eigenvalue weighted by Gasteiger charge is -2.22. The topological polar surface area (TPSA) is 32.3 Å². The molecule has 0 aliphatic heterocycles. The van der Waals surface area contributed by atoms with E-state index >= 15 is 0 Å². The molecule has 0 fully saturated rings. The third-order valence-electron chi connectivity index (χ3n) is 4.03. The lowest BCUT2D eigenvalue weighted by atomic mass is 9.90. The molecule has 0 radical (unpaired) electrons. The zero-order chi connectivity index (χ0) is 13.7. The van der Waals surface area contributed by atoms with Crippen LogP contribution in [0.25, 0.3) is 0 Å². The van der Waals surface area contributed by atoms with E-state index in [2.05, 4.69) is 37.4 Å². The fraction of sp³-hybridized carbons (Fsp3) is 0.647. The summed E-state index contributed by atoms with van der Waals surface area (Å²) in [4.78, 5) is 0. The van der Waals surface area contributed by atoms with Crippen LogP contribution in [0, 0.1) is 5.41 Å². The summed E-state index contributed by atoms with van der Waals surface area (Å²) in [6, 6.07) is 7.00. The van der Waals surface area contributed by atoms with E-state index in [1.807, 2.05) is 0 Å². The van der Waals surface area contributed by atoms with Crippen molar-refractivity contribution in [3.63, 3.8) is 0 Å². The van der Waals surface area contributed by atoms with Gasteiger partial charge in [-0.25, -0.2) is 0 Å². The van der Waals surface area contributed by atoms with Crippen molar-refractivity contribution in [3.8, 4) is 0 Å². The summed E-state index contributed by atoms with van der Waals surface area (Å²) in [7, 11) is 0. The summed E-state index contributed by atoms with van der Waals surface area (Å²) in [6.45, 7) is 6.26. The average molecular weight is 261 g/mol. The summed E-state index contributed by atoms with van der Waals surface area (Å²) < 4.78 is 0. The molecule has 1 aliphatic carbocycles. The quantitative estimate of drug-likeness (QED) is 0.772.